The lowest BCUT2D eigenvalue weighted by molar-refractivity contribution is -0.137. The number of unbranched alkanes of at least 4 members (excludes halogenated alkanes) is 1. The summed E-state index contributed by atoms with van der Waals surface area (Å²) in [4.78, 5) is 0. The highest BCUT2D eigenvalue weighted by Crippen LogP contribution is 2.29. The van der Waals surface area contributed by atoms with Crippen molar-refractivity contribution in [2.24, 2.45) is 0 Å². The fourth-order valence-electron chi connectivity index (χ4n) is 1.64. The molecule has 98 valence electrons. The minimum absolute atomic E-state index is 0.350. The third-order valence-corrected chi connectivity index (χ3v) is 2.61. The van der Waals surface area contributed by atoms with Crippen LogP contribution in [-0.4, -0.2) is 11.2 Å². The van der Waals surface area contributed by atoms with E-state index in [-0.39, 0.29) is 0 Å². The summed E-state index contributed by atoms with van der Waals surface area (Å²) >= 11 is 0. The van der Waals surface area contributed by atoms with Crippen LogP contribution in [0, 0.1) is 12.3 Å². The number of benzene rings is 1. The summed E-state index contributed by atoms with van der Waals surface area (Å²) in [6, 6.07) is 4.85. The van der Waals surface area contributed by atoms with Gasteiger partial charge in [-0.15, -0.1) is 12.3 Å². The maximum atomic E-state index is 12.3. The topological polar surface area (TPSA) is 20.2 Å². The van der Waals surface area contributed by atoms with Gasteiger partial charge in [0, 0.05) is 6.42 Å². The minimum Gasteiger partial charge on any atom is -0.393 e. The normalized spacial score (nSPS) is 13.1. The van der Waals surface area contributed by atoms with Gasteiger partial charge in [0.2, 0.25) is 0 Å². The van der Waals surface area contributed by atoms with E-state index >= 15 is 0 Å². The zero-order valence-electron chi connectivity index (χ0n) is 9.87. The molecule has 0 bridgehead atoms. The third-order valence-electron chi connectivity index (χ3n) is 2.61. The summed E-state index contributed by atoms with van der Waals surface area (Å²) in [6.07, 6.45) is 2.44. The van der Waals surface area contributed by atoms with Crippen LogP contribution in [0.4, 0.5) is 13.2 Å². The Morgan fingerprint density at radius 3 is 2.33 bits per heavy atom. The highest BCUT2D eigenvalue weighted by atomic mass is 19.4. The molecule has 0 fully saturated rings. The number of aliphatic hydroxyl groups excluding tert-OH is 1. The summed E-state index contributed by atoms with van der Waals surface area (Å²) in [5, 5.41) is 9.67. The molecular formula is C14H15F3O. The quantitative estimate of drug-likeness (QED) is 0.632. The van der Waals surface area contributed by atoms with E-state index in [1.54, 1.807) is 0 Å². The Morgan fingerprint density at radius 1 is 1.22 bits per heavy atom. The average molecular weight is 256 g/mol. The molecule has 0 heterocycles. The molecule has 4 heteroatoms. The second-order valence-electron chi connectivity index (χ2n) is 4.15. The number of terminal acetylenes is 1. The van der Waals surface area contributed by atoms with Crippen molar-refractivity contribution in [2.45, 2.75) is 38.0 Å². The largest absolute Gasteiger partial charge is 0.416 e. The van der Waals surface area contributed by atoms with Gasteiger partial charge in [0.05, 0.1) is 11.7 Å². The molecule has 0 spiro atoms. The van der Waals surface area contributed by atoms with Crippen LogP contribution < -0.4 is 0 Å². The fourth-order valence-corrected chi connectivity index (χ4v) is 1.64. The highest BCUT2D eigenvalue weighted by molar-refractivity contribution is 5.25. The Balaban J connectivity index is 2.51. The van der Waals surface area contributed by atoms with Crippen molar-refractivity contribution in [3.05, 3.63) is 35.4 Å². The van der Waals surface area contributed by atoms with Crippen LogP contribution in [0.3, 0.4) is 0 Å². The van der Waals surface area contributed by atoms with Gasteiger partial charge in [-0.2, -0.15) is 13.2 Å². The monoisotopic (exact) mass is 256 g/mol. The molecule has 1 nitrogen and oxygen atoms in total. The second kappa shape index (κ2) is 6.46. The number of halogens is 3. The van der Waals surface area contributed by atoms with Gasteiger partial charge in [-0.05, 0) is 37.0 Å². The number of hydrogen-bond donors (Lipinski definition) is 1. The Hall–Kier alpha value is -1.47. The van der Waals surface area contributed by atoms with Crippen LogP contribution in [-0.2, 0) is 12.6 Å². The lowest BCUT2D eigenvalue weighted by atomic mass is 10.0. The van der Waals surface area contributed by atoms with Crippen molar-refractivity contribution in [2.75, 3.05) is 0 Å². The summed E-state index contributed by atoms with van der Waals surface area (Å²) in [5.74, 6) is 2.47. The molecule has 0 saturated heterocycles. The molecule has 1 unspecified atom stereocenters. The smallest absolute Gasteiger partial charge is 0.393 e. The Morgan fingerprint density at radius 2 is 1.83 bits per heavy atom. The maximum Gasteiger partial charge on any atom is 0.416 e. The van der Waals surface area contributed by atoms with Crippen molar-refractivity contribution >= 4 is 0 Å². The highest BCUT2D eigenvalue weighted by Gasteiger charge is 2.29. The molecule has 0 radical (unpaired) electrons. The van der Waals surface area contributed by atoms with Gasteiger partial charge in [-0.1, -0.05) is 12.1 Å². The van der Waals surface area contributed by atoms with Crippen LogP contribution in [0.1, 0.15) is 30.4 Å². The molecule has 0 aromatic heterocycles. The molecule has 1 aromatic carbocycles. The molecule has 0 saturated carbocycles. The molecule has 1 atom stereocenters. The molecular weight excluding hydrogens is 241 g/mol. The van der Waals surface area contributed by atoms with Crippen LogP contribution in [0.25, 0.3) is 0 Å². The van der Waals surface area contributed by atoms with E-state index in [1.165, 1.54) is 12.1 Å². The summed E-state index contributed by atoms with van der Waals surface area (Å²) in [6.45, 7) is 0. The van der Waals surface area contributed by atoms with Gasteiger partial charge in [-0.3, -0.25) is 0 Å². The van der Waals surface area contributed by atoms with Crippen LogP contribution in [0.5, 0.6) is 0 Å². The molecule has 1 aromatic rings. The van der Waals surface area contributed by atoms with Gasteiger partial charge >= 0.3 is 6.18 Å². The number of aliphatic hydroxyl groups is 1. The minimum atomic E-state index is -4.32. The first-order valence-corrected chi connectivity index (χ1v) is 5.71. The van der Waals surface area contributed by atoms with Crippen LogP contribution >= 0.6 is 0 Å². The van der Waals surface area contributed by atoms with Gasteiger partial charge in [0.15, 0.2) is 0 Å². The molecule has 0 amide bonds. The maximum absolute atomic E-state index is 12.3. The first-order valence-electron chi connectivity index (χ1n) is 5.71. The SMILES string of the molecule is C#CCCCC(O)Cc1ccc(C(F)(F)F)cc1. The van der Waals surface area contributed by atoms with E-state index in [2.05, 4.69) is 5.92 Å². The Kier molecular flexibility index (Phi) is 5.24. The molecule has 0 aliphatic heterocycles. The third kappa shape index (κ3) is 4.80. The number of rotatable bonds is 5. The zero-order chi connectivity index (χ0) is 13.6. The van der Waals surface area contributed by atoms with Gasteiger partial charge in [-0.25, -0.2) is 0 Å². The van der Waals surface area contributed by atoms with Crippen molar-refractivity contribution in [3.8, 4) is 12.3 Å². The lowest BCUT2D eigenvalue weighted by Crippen LogP contribution is -2.11. The fraction of sp³-hybridized carbons (Fsp3) is 0.429. The number of hydrogen-bond acceptors (Lipinski definition) is 1. The van der Waals surface area contributed by atoms with Gasteiger partial charge in [0.25, 0.3) is 0 Å². The Bertz CT molecular complexity index is 401. The predicted molar refractivity (Wildman–Crippen MR) is 63.8 cm³/mol. The predicted octanol–water partition coefficient (Wildman–Crippen LogP) is 3.41. The van der Waals surface area contributed by atoms with Gasteiger partial charge in [0.1, 0.15) is 0 Å². The van der Waals surface area contributed by atoms with Crippen molar-refractivity contribution in [1.82, 2.24) is 0 Å². The molecule has 0 aliphatic rings. The van der Waals surface area contributed by atoms with Crippen molar-refractivity contribution < 1.29 is 18.3 Å². The van der Waals surface area contributed by atoms with Crippen LogP contribution in [0.2, 0.25) is 0 Å². The van der Waals surface area contributed by atoms with Gasteiger partial charge < -0.3 is 5.11 Å². The molecule has 18 heavy (non-hydrogen) atoms. The van der Waals surface area contributed by atoms with E-state index in [0.29, 0.717) is 24.8 Å². The van der Waals surface area contributed by atoms with Crippen molar-refractivity contribution in [3.63, 3.8) is 0 Å². The van der Waals surface area contributed by atoms with E-state index in [4.69, 9.17) is 6.42 Å². The standard InChI is InChI=1S/C14H15F3O/c1-2-3-4-5-13(18)10-11-6-8-12(9-7-11)14(15,16)17/h1,6-9,13,18H,3-5,10H2. The second-order valence-corrected chi connectivity index (χ2v) is 4.15. The lowest BCUT2D eigenvalue weighted by Gasteiger charge is -2.11. The molecule has 1 rings (SSSR count). The summed E-state index contributed by atoms with van der Waals surface area (Å²) < 4.78 is 37.0. The number of alkyl halides is 3. The van der Waals surface area contributed by atoms with E-state index < -0.39 is 17.8 Å². The average Bonchev–Trinajstić information content (AvgIpc) is 2.29. The van der Waals surface area contributed by atoms with Crippen molar-refractivity contribution in [1.29, 1.82) is 0 Å². The summed E-state index contributed by atoms with van der Waals surface area (Å²) in [5.41, 5.74) is 0.0179. The van der Waals surface area contributed by atoms with Crippen LogP contribution in [0.15, 0.2) is 24.3 Å². The Labute approximate surface area is 105 Å². The zero-order valence-corrected chi connectivity index (χ0v) is 9.87. The summed E-state index contributed by atoms with van der Waals surface area (Å²) in [7, 11) is 0. The van der Waals surface area contributed by atoms with E-state index in [1.807, 2.05) is 0 Å². The molecule has 0 aliphatic carbocycles. The van der Waals surface area contributed by atoms with E-state index in [0.717, 1.165) is 18.6 Å². The molecule has 1 N–H and O–H groups in total. The first-order chi connectivity index (χ1) is 8.43. The van der Waals surface area contributed by atoms with E-state index in [9.17, 15) is 18.3 Å². The first kappa shape index (κ1) is 14.6.